The molecule has 4 rings (SSSR count). The summed E-state index contributed by atoms with van der Waals surface area (Å²) in [5.74, 6) is 1.43. The van der Waals surface area contributed by atoms with E-state index in [1.807, 2.05) is 6.07 Å². The summed E-state index contributed by atoms with van der Waals surface area (Å²) in [4.78, 5) is 0. The average molecular weight is 330 g/mol. The molecule has 2 nitrogen and oxygen atoms in total. The van der Waals surface area contributed by atoms with Gasteiger partial charge >= 0.3 is 0 Å². The fourth-order valence-electron chi connectivity index (χ4n) is 6.21. The Hall–Kier alpha value is -1.35. The highest BCUT2D eigenvalue weighted by molar-refractivity contribution is 5.40. The molecule has 0 saturated heterocycles. The Morgan fingerprint density at radius 2 is 2.12 bits per heavy atom. The lowest BCUT2D eigenvalue weighted by Crippen LogP contribution is -2.42. The van der Waals surface area contributed by atoms with E-state index >= 15 is 0 Å². The number of aliphatic hydroxyl groups is 1. The molecule has 0 spiro atoms. The first-order valence-electron chi connectivity index (χ1n) is 9.23. The van der Waals surface area contributed by atoms with Crippen molar-refractivity contribution < 1.29 is 14.6 Å². The van der Waals surface area contributed by atoms with Crippen molar-refractivity contribution in [3.63, 3.8) is 0 Å². The molecule has 0 bridgehead atoms. The second-order valence-corrected chi connectivity index (χ2v) is 8.51. The Morgan fingerprint density at radius 1 is 1.33 bits per heavy atom. The molecule has 0 heterocycles. The summed E-state index contributed by atoms with van der Waals surface area (Å²) in [6.07, 6.45) is 6.31. The van der Waals surface area contributed by atoms with E-state index in [1.54, 1.807) is 12.1 Å². The molecule has 0 radical (unpaired) electrons. The maximum absolute atomic E-state index is 13.6. The van der Waals surface area contributed by atoms with Crippen molar-refractivity contribution in [1.82, 2.24) is 0 Å². The van der Waals surface area contributed by atoms with Gasteiger partial charge in [-0.15, -0.1) is 0 Å². The number of phenolic OH excluding ortho intramolecular Hbond substituents is 1. The van der Waals surface area contributed by atoms with Crippen molar-refractivity contribution in [2.24, 2.45) is 23.2 Å². The zero-order valence-electron chi connectivity index (χ0n) is 14.5. The first-order chi connectivity index (χ1) is 11.4. The van der Waals surface area contributed by atoms with Crippen LogP contribution in [-0.2, 0) is 6.42 Å². The molecule has 6 atom stereocenters. The van der Waals surface area contributed by atoms with Crippen LogP contribution in [0.15, 0.2) is 30.1 Å². The minimum Gasteiger partial charge on any atom is -0.508 e. The molecule has 2 saturated carbocycles. The minimum atomic E-state index is -0.425. The summed E-state index contributed by atoms with van der Waals surface area (Å²) in [6, 6.07) is 5.79. The van der Waals surface area contributed by atoms with Crippen molar-refractivity contribution in [3.8, 4) is 5.75 Å². The molecule has 0 amide bonds. The maximum atomic E-state index is 13.6. The first-order valence-corrected chi connectivity index (χ1v) is 9.23. The number of phenols is 1. The molecule has 2 N–H and O–H groups in total. The standard InChI is InChI=1S/C21H27FO2/c1-12(22)9-18-19(24)11-21(2)8-7-16-15-6-4-14(23)10-13(15)3-5-17(16)20(18)21/h4,6,9-10,16-20,23-24H,3,5,7-8,11H2,1-2H3/t16-,17-,18+,19+,20-,21-/m1/s1. The third-order valence-corrected chi connectivity index (χ3v) is 7.04. The number of halogens is 1. The predicted molar refractivity (Wildman–Crippen MR) is 92.5 cm³/mol. The van der Waals surface area contributed by atoms with Crippen LogP contribution < -0.4 is 0 Å². The van der Waals surface area contributed by atoms with E-state index in [0.717, 1.165) is 32.1 Å². The van der Waals surface area contributed by atoms with E-state index < -0.39 is 6.10 Å². The highest BCUT2D eigenvalue weighted by atomic mass is 19.1. The SMILES string of the molecule is CC(F)=C[C@@H]1[C@H]2[C@@H]3CCc4cc(O)ccc4[C@H]3CC[C@]2(C)C[C@@H]1O. The first kappa shape index (κ1) is 16.1. The second-order valence-electron chi connectivity index (χ2n) is 8.51. The van der Waals surface area contributed by atoms with Gasteiger partial charge in [0.15, 0.2) is 0 Å². The number of fused-ring (bicyclic) bond motifs is 5. The molecule has 2 fully saturated rings. The summed E-state index contributed by atoms with van der Waals surface area (Å²) in [5.41, 5.74) is 2.75. The normalized spacial score (nSPS) is 41.5. The number of allylic oxidation sites excluding steroid dienone is 1. The summed E-state index contributed by atoms with van der Waals surface area (Å²) in [7, 11) is 0. The van der Waals surface area contributed by atoms with Crippen LogP contribution in [-0.4, -0.2) is 16.3 Å². The summed E-state index contributed by atoms with van der Waals surface area (Å²) in [5, 5.41) is 20.4. The molecule has 24 heavy (non-hydrogen) atoms. The molecule has 3 aliphatic rings. The van der Waals surface area contributed by atoms with Gasteiger partial charge in [0.25, 0.3) is 0 Å². The van der Waals surface area contributed by atoms with Gasteiger partial charge in [-0.1, -0.05) is 13.0 Å². The molecule has 0 unspecified atom stereocenters. The number of aryl methyl sites for hydroxylation is 1. The van der Waals surface area contributed by atoms with Crippen molar-refractivity contribution in [3.05, 3.63) is 41.2 Å². The topological polar surface area (TPSA) is 40.5 Å². The number of benzene rings is 1. The van der Waals surface area contributed by atoms with E-state index in [-0.39, 0.29) is 17.2 Å². The van der Waals surface area contributed by atoms with Crippen molar-refractivity contribution in [1.29, 1.82) is 0 Å². The number of aliphatic hydroxyl groups excluding tert-OH is 1. The van der Waals surface area contributed by atoms with Gasteiger partial charge in [-0.3, -0.25) is 0 Å². The lowest BCUT2D eigenvalue weighted by atomic mass is 9.54. The predicted octanol–water partition coefficient (Wildman–Crippen LogP) is 4.71. The average Bonchev–Trinajstić information content (AvgIpc) is 2.76. The van der Waals surface area contributed by atoms with Gasteiger partial charge in [0.2, 0.25) is 0 Å². The van der Waals surface area contributed by atoms with E-state index in [0.29, 0.717) is 23.5 Å². The molecule has 0 aromatic heterocycles. The zero-order valence-corrected chi connectivity index (χ0v) is 14.5. The third-order valence-electron chi connectivity index (χ3n) is 7.04. The van der Waals surface area contributed by atoms with Crippen LogP contribution in [0.25, 0.3) is 0 Å². The lowest BCUT2D eigenvalue weighted by molar-refractivity contribution is 0.0426. The number of aromatic hydroxyl groups is 1. The van der Waals surface area contributed by atoms with E-state index in [4.69, 9.17) is 0 Å². The Bertz CT molecular complexity index is 678. The summed E-state index contributed by atoms with van der Waals surface area (Å²) in [6.45, 7) is 3.78. The van der Waals surface area contributed by atoms with Gasteiger partial charge in [0.05, 0.1) is 11.9 Å². The quantitative estimate of drug-likeness (QED) is 0.783. The summed E-state index contributed by atoms with van der Waals surface area (Å²) < 4.78 is 13.6. The largest absolute Gasteiger partial charge is 0.508 e. The van der Waals surface area contributed by atoms with E-state index in [2.05, 4.69) is 13.0 Å². The molecule has 130 valence electrons. The van der Waals surface area contributed by atoms with Crippen LogP contribution in [0.2, 0.25) is 0 Å². The van der Waals surface area contributed by atoms with Gasteiger partial charge in [0, 0.05) is 5.92 Å². The second kappa shape index (κ2) is 5.59. The Balaban J connectivity index is 1.73. The number of hydrogen-bond donors (Lipinski definition) is 2. The minimum absolute atomic E-state index is 0.0635. The van der Waals surface area contributed by atoms with Gasteiger partial charge in [0.1, 0.15) is 5.75 Å². The Kier molecular flexibility index (Phi) is 3.76. The van der Waals surface area contributed by atoms with Gasteiger partial charge in [-0.05, 0) is 91.5 Å². The zero-order chi connectivity index (χ0) is 17.1. The monoisotopic (exact) mass is 330 g/mol. The molecule has 3 heteroatoms. The van der Waals surface area contributed by atoms with Crippen molar-refractivity contribution >= 4 is 0 Å². The third kappa shape index (κ3) is 2.40. The smallest absolute Gasteiger partial charge is 0.115 e. The molecule has 3 aliphatic carbocycles. The highest BCUT2D eigenvalue weighted by Gasteiger charge is 2.56. The number of hydrogen-bond acceptors (Lipinski definition) is 2. The van der Waals surface area contributed by atoms with Crippen LogP contribution in [0.3, 0.4) is 0 Å². The summed E-state index contributed by atoms with van der Waals surface area (Å²) >= 11 is 0. The molecular formula is C21H27FO2. The van der Waals surface area contributed by atoms with Crippen LogP contribution in [0.5, 0.6) is 5.75 Å². The lowest BCUT2D eigenvalue weighted by Gasteiger charge is -2.50. The molecule has 0 aliphatic heterocycles. The molecule has 1 aromatic carbocycles. The fourth-order valence-corrected chi connectivity index (χ4v) is 6.21. The Labute approximate surface area is 143 Å². The van der Waals surface area contributed by atoms with Crippen LogP contribution >= 0.6 is 0 Å². The van der Waals surface area contributed by atoms with Gasteiger partial charge in [-0.25, -0.2) is 4.39 Å². The molecule has 1 aromatic rings. The fraction of sp³-hybridized carbons (Fsp3) is 0.619. The van der Waals surface area contributed by atoms with Crippen molar-refractivity contribution in [2.75, 3.05) is 0 Å². The van der Waals surface area contributed by atoms with Crippen LogP contribution in [0, 0.1) is 23.2 Å². The highest BCUT2D eigenvalue weighted by Crippen LogP contribution is 2.63. The van der Waals surface area contributed by atoms with Gasteiger partial charge in [-0.2, -0.15) is 0 Å². The molecular weight excluding hydrogens is 303 g/mol. The van der Waals surface area contributed by atoms with Crippen LogP contribution in [0.4, 0.5) is 4.39 Å². The van der Waals surface area contributed by atoms with E-state index in [1.165, 1.54) is 18.1 Å². The number of rotatable bonds is 1. The van der Waals surface area contributed by atoms with Crippen molar-refractivity contribution in [2.45, 2.75) is 58.0 Å². The maximum Gasteiger partial charge on any atom is 0.115 e. The van der Waals surface area contributed by atoms with Gasteiger partial charge < -0.3 is 10.2 Å². The van der Waals surface area contributed by atoms with E-state index in [9.17, 15) is 14.6 Å². The van der Waals surface area contributed by atoms with Crippen LogP contribution in [0.1, 0.15) is 56.6 Å². The Morgan fingerprint density at radius 3 is 2.88 bits per heavy atom.